The maximum Gasteiger partial charge on any atom is 0.220 e. The summed E-state index contributed by atoms with van der Waals surface area (Å²) in [5.41, 5.74) is 1.05. The SMILES string of the molecule is CC(=O)N(CCCc1ccc(Oc2ccc(F)cc2F)cc1)C(c1ncc(C=O)s1)C(C)C. The van der Waals surface area contributed by atoms with E-state index in [-0.39, 0.29) is 23.6 Å². The Morgan fingerprint density at radius 1 is 1.18 bits per heavy atom. The summed E-state index contributed by atoms with van der Waals surface area (Å²) in [7, 11) is 0. The molecule has 0 radical (unpaired) electrons. The summed E-state index contributed by atoms with van der Waals surface area (Å²) < 4.78 is 32.3. The van der Waals surface area contributed by atoms with Gasteiger partial charge < -0.3 is 9.64 Å². The zero-order valence-corrected chi connectivity index (χ0v) is 19.6. The maximum atomic E-state index is 13.8. The fraction of sp³-hybridized carbons (Fsp3) is 0.320. The minimum Gasteiger partial charge on any atom is -0.454 e. The summed E-state index contributed by atoms with van der Waals surface area (Å²) in [6, 6.07) is 10.2. The first-order chi connectivity index (χ1) is 15.8. The molecule has 0 saturated heterocycles. The average molecular weight is 473 g/mol. The lowest BCUT2D eigenvalue weighted by molar-refractivity contribution is -0.132. The van der Waals surface area contributed by atoms with Gasteiger partial charge in [-0.1, -0.05) is 26.0 Å². The topological polar surface area (TPSA) is 59.5 Å². The summed E-state index contributed by atoms with van der Waals surface area (Å²) in [6.07, 6.45) is 3.79. The van der Waals surface area contributed by atoms with Gasteiger partial charge >= 0.3 is 0 Å². The molecule has 0 fully saturated rings. The molecule has 0 aliphatic heterocycles. The van der Waals surface area contributed by atoms with Gasteiger partial charge in [-0.15, -0.1) is 11.3 Å². The second-order valence-electron chi connectivity index (χ2n) is 8.04. The standard InChI is InChI=1S/C25H26F2N2O3S/c1-16(2)24(25-28-14-21(15-30)33-25)29(17(3)31)12-4-5-18-6-9-20(10-7-18)32-23-11-8-19(26)13-22(23)27/h6-11,13-16,24H,4-5,12H2,1-3H3. The molecule has 1 amide bonds. The summed E-state index contributed by atoms with van der Waals surface area (Å²) in [5, 5.41) is 0.761. The number of hydrogen-bond acceptors (Lipinski definition) is 5. The molecular formula is C25H26F2N2O3S. The molecule has 3 rings (SSSR count). The number of carbonyl (C=O) groups is 2. The normalized spacial score (nSPS) is 11.9. The van der Waals surface area contributed by atoms with E-state index in [1.807, 2.05) is 30.9 Å². The Morgan fingerprint density at radius 2 is 1.91 bits per heavy atom. The van der Waals surface area contributed by atoms with Gasteiger partial charge in [0, 0.05) is 25.7 Å². The van der Waals surface area contributed by atoms with Crippen LogP contribution in [-0.4, -0.2) is 28.6 Å². The van der Waals surface area contributed by atoms with Crippen LogP contribution in [0.1, 0.15) is 53.5 Å². The van der Waals surface area contributed by atoms with Gasteiger partial charge in [0.25, 0.3) is 0 Å². The van der Waals surface area contributed by atoms with Crippen molar-refractivity contribution in [1.82, 2.24) is 9.88 Å². The quantitative estimate of drug-likeness (QED) is 0.330. The molecule has 3 aromatic rings. The highest BCUT2D eigenvalue weighted by molar-refractivity contribution is 7.13. The monoisotopic (exact) mass is 472 g/mol. The van der Waals surface area contributed by atoms with Gasteiger partial charge in [0.2, 0.25) is 5.91 Å². The number of aryl methyl sites for hydroxylation is 1. The van der Waals surface area contributed by atoms with Crippen molar-refractivity contribution >= 4 is 23.5 Å². The number of nitrogens with zero attached hydrogens (tertiary/aromatic N) is 2. The first-order valence-corrected chi connectivity index (χ1v) is 11.5. The number of rotatable bonds is 10. The molecule has 1 atom stereocenters. The summed E-state index contributed by atoms with van der Waals surface area (Å²) in [5.74, 6) is -0.910. The van der Waals surface area contributed by atoms with Crippen molar-refractivity contribution in [2.75, 3.05) is 6.54 Å². The number of thiazole rings is 1. The maximum absolute atomic E-state index is 13.8. The van der Waals surface area contributed by atoms with E-state index in [1.54, 1.807) is 25.3 Å². The fourth-order valence-corrected chi connectivity index (χ4v) is 4.65. The van der Waals surface area contributed by atoms with Crippen LogP contribution in [-0.2, 0) is 11.2 Å². The molecule has 0 aliphatic rings. The molecule has 0 spiro atoms. The number of ether oxygens (including phenoxy) is 1. The molecule has 2 aromatic carbocycles. The first kappa shape index (κ1) is 24.5. The Morgan fingerprint density at radius 3 is 2.48 bits per heavy atom. The predicted molar refractivity (Wildman–Crippen MR) is 124 cm³/mol. The van der Waals surface area contributed by atoms with Crippen molar-refractivity contribution in [3.63, 3.8) is 0 Å². The van der Waals surface area contributed by atoms with Crippen LogP contribution in [0.25, 0.3) is 0 Å². The minimum atomic E-state index is -0.761. The van der Waals surface area contributed by atoms with Crippen molar-refractivity contribution in [3.05, 3.63) is 75.7 Å². The number of aromatic nitrogens is 1. The predicted octanol–water partition coefficient (Wildman–Crippen LogP) is 6.20. The zero-order chi connectivity index (χ0) is 24.0. The molecular weight excluding hydrogens is 446 g/mol. The van der Waals surface area contributed by atoms with E-state index in [9.17, 15) is 18.4 Å². The molecule has 1 aromatic heterocycles. The zero-order valence-electron chi connectivity index (χ0n) is 18.8. The number of aldehydes is 1. The van der Waals surface area contributed by atoms with Crippen LogP contribution in [0.15, 0.2) is 48.7 Å². The van der Waals surface area contributed by atoms with Crippen LogP contribution in [0.4, 0.5) is 8.78 Å². The van der Waals surface area contributed by atoms with Gasteiger partial charge in [0.05, 0.1) is 10.9 Å². The lowest BCUT2D eigenvalue weighted by atomic mass is 10.0. The largest absolute Gasteiger partial charge is 0.454 e. The number of carbonyl (C=O) groups excluding carboxylic acids is 2. The average Bonchev–Trinajstić information content (AvgIpc) is 3.24. The number of amides is 1. The molecule has 33 heavy (non-hydrogen) atoms. The van der Waals surface area contributed by atoms with Crippen molar-refractivity contribution in [2.24, 2.45) is 5.92 Å². The van der Waals surface area contributed by atoms with Gasteiger partial charge in [-0.25, -0.2) is 13.8 Å². The van der Waals surface area contributed by atoms with E-state index >= 15 is 0 Å². The highest BCUT2D eigenvalue weighted by atomic mass is 32.1. The van der Waals surface area contributed by atoms with Crippen LogP contribution >= 0.6 is 11.3 Å². The van der Waals surface area contributed by atoms with Crippen LogP contribution in [0.2, 0.25) is 0 Å². The van der Waals surface area contributed by atoms with E-state index in [2.05, 4.69) is 4.98 Å². The summed E-state index contributed by atoms with van der Waals surface area (Å²) >= 11 is 1.31. The van der Waals surface area contributed by atoms with Crippen LogP contribution in [0, 0.1) is 17.6 Å². The minimum absolute atomic E-state index is 0.0402. The molecule has 8 heteroatoms. The van der Waals surface area contributed by atoms with Crippen LogP contribution in [0.3, 0.4) is 0 Å². The second-order valence-corrected chi connectivity index (χ2v) is 9.14. The molecule has 0 aliphatic carbocycles. The summed E-state index contributed by atoms with van der Waals surface area (Å²) in [6.45, 7) is 6.16. The lowest BCUT2D eigenvalue weighted by Crippen LogP contribution is -2.36. The highest BCUT2D eigenvalue weighted by Crippen LogP contribution is 2.32. The number of hydrogen-bond donors (Lipinski definition) is 0. The Bertz CT molecular complexity index is 1100. The third kappa shape index (κ3) is 6.44. The molecule has 1 heterocycles. The van der Waals surface area contributed by atoms with Gasteiger partial charge in [-0.05, 0) is 48.6 Å². The van der Waals surface area contributed by atoms with E-state index in [4.69, 9.17) is 4.74 Å². The first-order valence-electron chi connectivity index (χ1n) is 10.7. The third-order valence-corrected chi connectivity index (χ3v) is 6.19. The van der Waals surface area contributed by atoms with E-state index in [1.165, 1.54) is 17.4 Å². The van der Waals surface area contributed by atoms with Crippen molar-refractivity contribution in [2.45, 2.75) is 39.7 Å². The van der Waals surface area contributed by atoms with Gasteiger partial charge in [-0.3, -0.25) is 9.59 Å². The van der Waals surface area contributed by atoms with E-state index < -0.39 is 11.6 Å². The molecule has 0 bridgehead atoms. The Kier molecular flexibility index (Phi) is 8.27. The van der Waals surface area contributed by atoms with Crippen molar-refractivity contribution < 1.29 is 23.1 Å². The third-order valence-electron chi connectivity index (χ3n) is 5.19. The van der Waals surface area contributed by atoms with Gasteiger partial charge in [-0.2, -0.15) is 0 Å². The molecule has 5 nitrogen and oxygen atoms in total. The Hall–Kier alpha value is -3.13. The van der Waals surface area contributed by atoms with Crippen molar-refractivity contribution in [1.29, 1.82) is 0 Å². The van der Waals surface area contributed by atoms with E-state index in [0.29, 0.717) is 17.2 Å². The second kappa shape index (κ2) is 11.1. The molecule has 174 valence electrons. The molecule has 1 unspecified atom stereocenters. The Labute approximate surface area is 196 Å². The summed E-state index contributed by atoms with van der Waals surface area (Å²) in [4.78, 5) is 30.2. The van der Waals surface area contributed by atoms with Crippen molar-refractivity contribution in [3.8, 4) is 11.5 Å². The van der Waals surface area contributed by atoms with Gasteiger partial charge in [0.1, 0.15) is 16.6 Å². The van der Waals surface area contributed by atoms with Crippen LogP contribution in [0.5, 0.6) is 11.5 Å². The highest BCUT2D eigenvalue weighted by Gasteiger charge is 2.28. The van der Waals surface area contributed by atoms with Gasteiger partial charge in [0.15, 0.2) is 17.9 Å². The molecule has 0 saturated carbocycles. The van der Waals surface area contributed by atoms with Crippen LogP contribution < -0.4 is 4.74 Å². The Balaban J connectivity index is 1.62. The van der Waals surface area contributed by atoms with E-state index in [0.717, 1.165) is 41.8 Å². The number of halogens is 2. The lowest BCUT2D eigenvalue weighted by Gasteiger charge is -2.32. The smallest absolute Gasteiger partial charge is 0.220 e. The number of benzene rings is 2. The fourth-order valence-electron chi connectivity index (χ4n) is 3.63. The molecule has 0 N–H and O–H groups in total.